The van der Waals surface area contributed by atoms with E-state index in [0.29, 0.717) is 29.8 Å². The second-order valence-electron chi connectivity index (χ2n) is 6.99. The predicted molar refractivity (Wildman–Crippen MR) is 111 cm³/mol. The number of nitrogens with one attached hydrogen (secondary N) is 1. The molecule has 1 atom stereocenters. The van der Waals surface area contributed by atoms with Crippen LogP contribution in [0.4, 0.5) is 5.00 Å². The number of hydrogen-bond donors (Lipinski definition) is 1. The van der Waals surface area contributed by atoms with Gasteiger partial charge < -0.3 is 14.8 Å². The number of thiophene rings is 1. The van der Waals surface area contributed by atoms with Gasteiger partial charge in [0, 0.05) is 18.2 Å². The molecule has 0 aliphatic heterocycles. The van der Waals surface area contributed by atoms with E-state index in [-0.39, 0.29) is 6.61 Å². The Morgan fingerprint density at radius 3 is 2.60 bits per heavy atom. The maximum Gasteiger partial charge on any atom is 0.341 e. The van der Waals surface area contributed by atoms with Crippen LogP contribution in [0.25, 0.3) is 0 Å². The molecule has 0 unspecified atom stereocenters. The van der Waals surface area contributed by atoms with E-state index in [1.807, 2.05) is 30.3 Å². The van der Waals surface area contributed by atoms with Gasteiger partial charge in [-0.15, -0.1) is 11.3 Å². The van der Waals surface area contributed by atoms with Crippen molar-refractivity contribution in [1.82, 2.24) is 0 Å². The highest BCUT2D eigenvalue weighted by Gasteiger charge is 2.40. The van der Waals surface area contributed by atoms with Crippen molar-refractivity contribution in [2.75, 3.05) is 18.5 Å². The molecule has 1 heterocycles. The van der Waals surface area contributed by atoms with Gasteiger partial charge in [-0.2, -0.15) is 5.26 Å². The van der Waals surface area contributed by atoms with Crippen LogP contribution in [0.3, 0.4) is 0 Å². The zero-order valence-corrected chi connectivity index (χ0v) is 17.6. The number of ether oxygens (including phenoxy) is 2. The second-order valence-corrected chi connectivity index (χ2v) is 8.10. The van der Waals surface area contributed by atoms with Gasteiger partial charge in [-0.25, -0.2) is 4.79 Å². The van der Waals surface area contributed by atoms with Crippen molar-refractivity contribution in [3.8, 4) is 6.07 Å². The highest BCUT2D eigenvalue weighted by atomic mass is 32.1. The van der Waals surface area contributed by atoms with Crippen molar-refractivity contribution < 1.29 is 23.9 Å². The maximum absolute atomic E-state index is 12.6. The lowest BCUT2D eigenvalue weighted by molar-refractivity contribution is -0.144. The Hall–Kier alpha value is -3.18. The van der Waals surface area contributed by atoms with Crippen molar-refractivity contribution in [3.05, 3.63) is 51.9 Å². The molecule has 30 heavy (non-hydrogen) atoms. The SMILES string of the molecule is CCOC(=O)c1c(NC(=O)COC(C)=O)sc2c1CC[C@](C#N)(c1ccccc1)C2. The van der Waals surface area contributed by atoms with Gasteiger partial charge >= 0.3 is 11.9 Å². The number of amides is 1. The van der Waals surface area contributed by atoms with Gasteiger partial charge in [0.05, 0.1) is 23.7 Å². The number of carbonyl (C=O) groups excluding carboxylic acids is 3. The minimum atomic E-state index is -0.690. The van der Waals surface area contributed by atoms with E-state index in [9.17, 15) is 19.6 Å². The molecule has 7 nitrogen and oxygen atoms in total. The van der Waals surface area contributed by atoms with Gasteiger partial charge in [-0.1, -0.05) is 30.3 Å². The molecule has 1 N–H and O–H groups in total. The number of anilines is 1. The van der Waals surface area contributed by atoms with Crippen LogP contribution in [0.2, 0.25) is 0 Å². The number of carbonyl (C=O) groups is 3. The summed E-state index contributed by atoms with van der Waals surface area (Å²) in [6, 6.07) is 12.1. The first-order valence-electron chi connectivity index (χ1n) is 9.62. The molecule has 156 valence electrons. The van der Waals surface area contributed by atoms with Crippen molar-refractivity contribution in [1.29, 1.82) is 5.26 Å². The first-order valence-corrected chi connectivity index (χ1v) is 10.4. The highest BCUT2D eigenvalue weighted by molar-refractivity contribution is 7.17. The average Bonchev–Trinajstić information content (AvgIpc) is 3.09. The Balaban J connectivity index is 1.96. The van der Waals surface area contributed by atoms with Crippen LogP contribution in [-0.4, -0.2) is 31.1 Å². The number of esters is 2. The summed E-state index contributed by atoms with van der Waals surface area (Å²) in [7, 11) is 0. The van der Waals surface area contributed by atoms with E-state index < -0.39 is 29.9 Å². The number of rotatable bonds is 6. The summed E-state index contributed by atoms with van der Waals surface area (Å²) >= 11 is 1.27. The lowest BCUT2D eigenvalue weighted by Gasteiger charge is -2.31. The third-order valence-corrected chi connectivity index (χ3v) is 6.18. The minimum absolute atomic E-state index is 0.205. The van der Waals surface area contributed by atoms with Crippen LogP contribution in [0.15, 0.2) is 30.3 Å². The highest BCUT2D eigenvalue weighted by Crippen LogP contribution is 2.45. The quantitative estimate of drug-likeness (QED) is 0.710. The van der Waals surface area contributed by atoms with Crippen molar-refractivity contribution in [2.45, 2.75) is 38.5 Å². The van der Waals surface area contributed by atoms with Gasteiger partial charge in [0.1, 0.15) is 5.00 Å². The van der Waals surface area contributed by atoms with Crippen LogP contribution in [-0.2, 0) is 37.3 Å². The van der Waals surface area contributed by atoms with E-state index in [2.05, 4.69) is 11.4 Å². The molecule has 0 bridgehead atoms. The van der Waals surface area contributed by atoms with E-state index in [1.165, 1.54) is 18.3 Å². The fourth-order valence-corrected chi connectivity index (χ4v) is 4.99. The topological polar surface area (TPSA) is 105 Å². The number of benzene rings is 1. The van der Waals surface area contributed by atoms with Crippen LogP contribution in [0.1, 0.15) is 46.6 Å². The molecule has 1 aromatic heterocycles. The van der Waals surface area contributed by atoms with Crippen molar-refractivity contribution >= 4 is 34.2 Å². The average molecular weight is 426 g/mol. The molecule has 1 amide bonds. The van der Waals surface area contributed by atoms with Gasteiger partial charge in [-0.3, -0.25) is 9.59 Å². The van der Waals surface area contributed by atoms with E-state index in [4.69, 9.17) is 9.47 Å². The van der Waals surface area contributed by atoms with Crippen molar-refractivity contribution in [2.24, 2.45) is 0 Å². The van der Waals surface area contributed by atoms with Crippen LogP contribution in [0, 0.1) is 11.3 Å². The first kappa shape index (κ1) is 21.5. The van der Waals surface area contributed by atoms with Gasteiger partial charge in [0.25, 0.3) is 5.91 Å². The Morgan fingerprint density at radius 1 is 1.23 bits per heavy atom. The van der Waals surface area contributed by atoms with Crippen molar-refractivity contribution in [3.63, 3.8) is 0 Å². The maximum atomic E-state index is 12.6. The fraction of sp³-hybridized carbons (Fsp3) is 0.364. The summed E-state index contributed by atoms with van der Waals surface area (Å²) in [5.41, 5.74) is 1.38. The zero-order chi connectivity index (χ0) is 21.7. The fourth-order valence-electron chi connectivity index (χ4n) is 3.62. The largest absolute Gasteiger partial charge is 0.462 e. The molecule has 3 rings (SSSR count). The second kappa shape index (κ2) is 9.09. The molecule has 1 aliphatic rings. The summed E-state index contributed by atoms with van der Waals surface area (Å²) in [4.78, 5) is 36.6. The Kier molecular flexibility index (Phi) is 6.53. The molecule has 2 aromatic rings. The standard InChI is InChI=1S/C22H22N2O5S/c1-3-28-21(27)19-16-9-10-22(13-23,15-7-5-4-6-8-15)11-17(16)30-20(19)24-18(26)12-29-14(2)25/h4-8H,3,9-12H2,1-2H3,(H,24,26)/t22-/m0/s1. The van der Waals surface area contributed by atoms with Crippen LogP contribution < -0.4 is 5.32 Å². The number of nitriles is 1. The zero-order valence-electron chi connectivity index (χ0n) is 16.8. The minimum Gasteiger partial charge on any atom is -0.462 e. The predicted octanol–water partition coefficient (Wildman–Crippen LogP) is 3.38. The van der Waals surface area contributed by atoms with Gasteiger partial charge in [0.2, 0.25) is 0 Å². The van der Waals surface area contributed by atoms with E-state index in [1.54, 1.807) is 6.92 Å². The summed E-state index contributed by atoms with van der Waals surface area (Å²) in [5, 5.41) is 13.0. The third-order valence-electron chi connectivity index (χ3n) is 5.03. The van der Waals surface area contributed by atoms with E-state index >= 15 is 0 Å². The lowest BCUT2D eigenvalue weighted by Crippen LogP contribution is -2.31. The summed E-state index contributed by atoms with van der Waals surface area (Å²) in [6.45, 7) is 2.70. The van der Waals surface area contributed by atoms with Crippen LogP contribution >= 0.6 is 11.3 Å². The third kappa shape index (κ3) is 4.36. The molecule has 0 fully saturated rings. The molecule has 0 spiro atoms. The number of nitrogens with zero attached hydrogens (tertiary/aromatic N) is 1. The molecule has 0 saturated heterocycles. The molecule has 0 saturated carbocycles. The van der Waals surface area contributed by atoms with Crippen LogP contribution in [0.5, 0.6) is 0 Å². The summed E-state index contributed by atoms with van der Waals surface area (Å²) in [6.07, 6.45) is 1.52. The molecular weight excluding hydrogens is 404 g/mol. The summed E-state index contributed by atoms with van der Waals surface area (Å²) < 4.78 is 9.93. The molecule has 1 aliphatic carbocycles. The molecule has 1 aromatic carbocycles. The van der Waals surface area contributed by atoms with Gasteiger partial charge in [0.15, 0.2) is 6.61 Å². The Labute approximate surface area is 178 Å². The lowest BCUT2D eigenvalue weighted by atomic mass is 9.70. The van der Waals surface area contributed by atoms with E-state index in [0.717, 1.165) is 16.0 Å². The Bertz CT molecular complexity index is 1010. The number of hydrogen-bond acceptors (Lipinski definition) is 7. The smallest absolute Gasteiger partial charge is 0.341 e. The normalized spacial score (nSPS) is 17.4. The number of fused-ring (bicyclic) bond motifs is 1. The molecule has 8 heteroatoms. The molecule has 0 radical (unpaired) electrons. The monoisotopic (exact) mass is 426 g/mol. The Morgan fingerprint density at radius 2 is 1.97 bits per heavy atom. The molecular formula is C22H22N2O5S. The first-order chi connectivity index (χ1) is 14.4. The summed E-state index contributed by atoms with van der Waals surface area (Å²) in [5.74, 6) is -1.62. The van der Waals surface area contributed by atoms with Gasteiger partial charge in [-0.05, 0) is 30.9 Å².